The second-order valence-electron chi connectivity index (χ2n) is 12.4. The van der Waals surface area contributed by atoms with Gasteiger partial charge in [0.2, 0.25) is 5.95 Å². The molecule has 3 aromatic heterocycles. The molecule has 2 N–H and O–H groups in total. The van der Waals surface area contributed by atoms with Crippen molar-refractivity contribution in [3.05, 3.63) is 81.4 Å². The Morgan fingerprint density at radius 3 is 2.71 bits per heavy atom. The molecular weight excluding hydrogens is 526 g/mol. The number of hydrogen-bond donors (Lipinski definition) is 2. The summed E-state index contributed by atoms with van der Waals surface area (Å²) in [6.45, 7) is 10.5. The molecule has 0 saturated carbocycles. The average Bonchev–Trinajstić information content (AvgIpc) is 3.46. The SMILES string of the molecule is C=CCn1c(=O)c2cnc(Nc3cc4c5c(c3)CN(C)CC5(CC)CCC4)nc2n1-c1ccc2c(n1)C(O)(CC)CC2. The summed E-state index contributed by atoms with van der Waals surface area (Å²) in [5.41, 5.74) is 6.60. The van der Waals surface area contributed by atoms with Crippen molar-refractivity contribution in [3.8, 4) is 5.82 Å². The van der Waals surface area contributed by atoms with E-state index in [2.05, 4.69) is 47.9 Å². The van der Waals surface area contributed by atoms with Gasteiger partial charge >= 0.3 is 0 Å². The number of allylic oxidation sites excluding steroid dienone is 1. The molecule has 9 heteroatoms. The minimum absolute atomic E-state index is 0.207. The van der Waals surface area contributed by atoms with E-state index in [4.69, 9.17) is 9.97 Å². The Kier molecular flexibility index (Phi) is 6.36. The number of aliphatic hydroxyl groups is 1. The van der Waals surface area contributed by atoms with Crippen LogP contribution < -0.4 is 10.9 Å². The van der Waals surface area contributed by atoms with Gasteiger partial charge in [0.1, 0.15) is 11.0 Å². The van der Waals surface area contributed by atoms with Crippen LogP contribution in [-0.2, 0) is 36.9 Å². The molecule has 2 unspecified atom stereocenters. The summed E-state index contributed by atoms with van der Waals surface area (Å²) in [7, 11) is 2.22. The zero-order chi connectivity index (χ0) is 29.2. The number of aromatic nitrogens is 5. The Morgan fingerprint density at radius 2 is 1.93 bits per heavy atom. The van der Waals surface area contributed by atoms with Gasteiger partial charge in [-0.1, -0.05) is 26.0 Å². The number of benzene rings is 1. The highest BCUT2D eigenvalue weighted by atomic mass is 16.3. The van der Waals surface area contributed by atoms with E-state index in [1.54, 1.807) is 27.2 Å². The molecule has 2 atom stereocenters. The fourth-order valence-electron chi connectivity index (χ4n) is 7.81. The second kappa shape index (κ2) is 9.88. The van der Waals surface area contributed by atoms with E-state index >= 15 is 0 Å². The van der Waals surface area contributed by atoms with E-state index in [1.807, 2.05) is 19.1 Å². The van der Waals surface area contributed by atoms with Gasteiger partial charge in [0.05, 0.1) is 12.2 Å². The molecule has 1 aromatic carbocycles. The van der Waals surface area contributed by atoms with E-state index in [0.29, 0.717) is 41.3 Å². The Bertz CT molecular complexity index is 1790. The van der Waals surface area contributed by atoms with Crippen LogP contribution in [0.3, 0.4) is 0 Å². The first-order valence-electron chi connectivity index (χ1n) is 15.2. The minimum Gasteiger partial charge on any atom is -0.384 e. The number of nitrogens with zero attached hydrogens (tertiary/aromatic N) is 6. The second-order valence-corrected chi connectivity index (χ2v) is 12.4. The number of rotatable bonds is 7. The van der Waals surface area contributed by atoms with Crippen LogP contribution in [0.5, 0.6) is 0 Å². The quantitative estimate of drug-likeness (QED) is 0.308. The summed E-state index contributed by atoms with van der Waals surface area (Å²) in [6, 6.07) is 8.43. The van der Waals surface area contributed by atoms with Crippen molar-refractivity contribution in [2.45, 2.75) is 82.9 Å². The number of anilines is 2. The maximum absolute atomic E-state index is 13.5. The third-order valence-corrected chi connectivity index (χ3v) is 9.87. The Hall–Kier alpha value is -3.82. The number of fused-ring (bicyclic) bond motifs is 2. The molecule has 2 aliphatic carbocycles. The number of likely N-dealkylation sites (N-methyl/N-ethyl adjacent to an activating group) is 1. The van der Waals surface area contributed by atoms with Crippen LogP contribution in [0.15, 0.2) is 47.9 Å². The van der Waals surface area contributed by atoms with E-state index in [1.165, 1.54) is 24.0 Å². The van der Waals surface area contributed by atoms with Crippen LogP contribution in [0, 0.1) is 0 Å². The fourth-order valence-corrected chi connectivity index (χ4v) is 7.81. The van der Waals surface area contributed by atoms with Crippen molar-refractivity contribution in [1.82, 2.24) is 29.2 Å². The predicted molar refractivity (Wildman–Crippen MR) is 165 cm³/mol. The molecule has 3 aliphatic rings. The standard InChI is InChI=1S/C33H39N7O2/c1-5-15-39-30(41)25-18-34-31(37-29(25)40(39)26-11-10-21-12-14-33(42,7-3)28(21)36-26)35-24-16-22-9-8-13-32(6-2)20-38(4)19-23(17-24)27(22)32/h5,10-11,16-18,42H,1,6-9,12-15,19-20H2,2-4H3,(H,34,35,37). The van der Waals surface area contributed by atoms with E-state index in [-0.39, 0.29) is 17.5 Å². The van der Waals surface area contributed by atoms with Gasteiger partial charge in [-0.2, -0.15) is 4.98 Å². The summed E-state index contributed by atoms with van der Waals surface area (Å²) < 4.78 is 3.32. The zero-order valence-electron chi connectivity index (χ0n) is 24.8. The lowest BCUT2D eigenvalue weighted by molar-refractivity contribution is 0.0306. The first kappa shape index (κ1) is 27.0. The third-order valence-electron chi connectivity index (χ3n) is 9.87. The summed E-state index contributed by atoms with van der Waals surface area (Å²) in [6.07, 6.45) is 9.97. The molecule has 4 aromatic rings. The molecule has 42 heavy (non-hydrogen) atoms. The van der Waals surface area contributed by atoms with Crippen LogP contribution in [0.25, 0.3) is 16.9 Å². The lowest BCUT2D eigenvalue weighted by atomic mass is 9.64. The average molecular weight is 566 g/mol. The molecule has 0 spiro atoms. The summed E-state index contributed by atoms with van der Waals surface area (Å²) in [4.78, 5) is 30.3. The topological polar surface area (TPSA) is 101 Å². The highest BCUT2D eigenvalue weighted by Crippen LogP contribution is 2.46. The van der Waals surface area contributed by atoms with Crippen LogP contribution in [0.2, 0.25) is 0 Å². The van der Waals surface area contributed by atoms with Crippen molar-refractivity contribution in [2.75, 3.05) is 18.9 Å². The first-order chi connectivity index (χ1) is 20.3. The molecular formula is C33H39N7O2. The van der Waals surface area contributed by atoms with Crippen molar-refractivity contribution in [3.63, 3.8) is 0 Å². The van der Waals surface area contributed by atoms with Crippen LogP contribution in [0.1, 0.15) is 73.9 Å². The monoisotopic (exact) mass is 565 g/mol. The highest BCUT2D eigenvalue weighted by Gasteiger charge is 2.41. The molecule has 4 heterocycles. The third kappa shape index (κ3) is 4.05. The molecule has 218 valence electrons. The number of nitrogens with one attached hydrogen (secondary N) is 1. The van der Waals surface area contributed by atoms with Gasteiger partial charge in [-0.05, 0) is 92.4 Å². The van der Waals surface area contributed by atoms with Crippen molar-refractivity contribution in [2.24, 2.45) is 0 Å². The molecule has 9 nitrogen and oxygen atoms in total. The zero-order valence-corrected chi connectivity index (χ0v) is 24.8. The number of pyridine rings is 1. The Balaban J connectivity index is 1.33. The van der Waals surface area contributed by atoms with Gasteiger partial charge in [0.15, 0.2) is 11.5 Å². The molecule has 0 bridgehead atoms. The van der Waals surface area contributed by atoms with Crippen molar-refractivity contribution >= 4 is 22.7 Å². The molecule has 1 aliphatic heterocycles. The predicted octanol–water partition coefficient (Wildman–Crippen LogP) is 4.88. The van der Waals surface area contributed by atoms with Crippen molar-refractivity contribution in [1.29, 1.82) is 0 Å². The van der Waals surface area contributed by atoms with E-state index < -0.39 is 5.60 Å². The first-order valence-corrected chi connectivity index (χ1v) is 15.2. The van der Waals surface area contributed by atoms with Gasteiger partial charge in [-0.3, -0.25) is 4.79 Å². The van der Waals surface area contributed by atoms with E-state index in [0.717, 1.165) is 43.6 Å². The Morgan fingerprint density at radius 1 is 1.10 bits per heavy atom. The van der Waals surface area contributed by atoms with Crippen molar-refractivity contribution < 1.29 is 5.11 Å². The van der Waals surface area contributed by atoms with Gasteiger partial charge in [0.25, 0.3) is 5.56 Å². The van der Waals surface area contributed by atoms with Gasteiger partial charge in [0, 0.05) is 30.4 Å². The molecule has 0 radical (unpaired) electrons. The van der Waals surface area contributed by atoms with Crippen LogP contribution >= 0.6 is 0 Å². The van der Waals surface area contributed by atoms with E-state index in [9.17, 15) is 9.90 Å². The minimum atomic E-state index is -0.963. The summed E-state index contributed by atoms with van der Waals surface area (Å²) in [5, 5.41) is 15.1. The Labute approximate surface area is 245 Å². The summed E-state index contributed by atoms with van der Waals surface area (Å²) >= 11 is 0. The fraction of sp³-hybridized carbons (Fsp3) is 0.455. The number of aryl methyl sites for hydroxylation is 2. The van der Waals surface area contributed by atoms with Gasteiger partial charge in [-0.15, -0.1) is 6.58 Å². The molecule has 0 saturated heterocycles. The van der Waals surface area contributed by atoms with Gasteiger partial charge in [-0.25, -0.2) is 19.3 Å². The van der Waals surface area contributed by atoms with Gasteiger partial charge < -0.3 is 15.3 Å². The smallest absolute Gasteiger partial charge is 0.278 e. The largest absolute Gasteiger partial charge is 0.384 e. The highest BCUT2D eigenvalue weighted by molar-refractivity contribution is 5.77. The maximum atomic E-state index is 13.5. The van der Waals surface area contributed by atoms with Crippen LogP contribution in [-0.4, -0.2) is 47.9 Å². The summed E-state index contributed by atoms with van der Waals surface area (Å²) in [5.74, 6) is 0.963. The lowest BCUT2D eigenvalue weighted by Gasteiger charge is -2.47. The maximum Gasteiger partial charge on any atom is 0.278 e. The molecule has 7 rings (SSSR count). The number of hydrogen-bond acceptors (Lipinski definition) is 7. The van der Waals surface area contributed by atoms with Crippen LogP contribution in [0.4, 0.5) is 11.6 Å². The molecule has 0 amide bonds. The normalized spacial score (nSPS) is 23.1. The lowest BCUT2D eigenvalue weighted by Crippen LogP contribution is -2.46. The molecule has 0 fully saturated rings.